The van der Waals surface area contributed by atoms with Gasteiger partial charge in [-0.1, -0.05) is 24.3 Å². The molecule has 0 fully saturated rings. The predicted molar refractivity (Wildman–Crippen MR) is 109 cm³/mol. The number of para-hydroxylation sites is 1. The van der Waals surface area contributed by atoms with E-state index in [4.69, 9.17) is 4.74 Å². The number of benzene rings is 2. The van der Waals surface area contributed by atoms with Gasteiger partial charge in [-0.3, -0.25) is 4.79 Å². The molecule has 0 unspecified atom stereocenters. The summed E-state index contributed by atoms with van der Waals surface area (Å²) >= 11 is 0. The van der Waals surface area contributed by atoms with E-state index in [-0.39, 0.29) is 5.91 Å². The fourth-order valence-electron chi connectivity index (χ4n) is 2.84. The van der Waals surface area contributed by atoms with Crippen LogP contribution in [0.15, 0.2) is 72.9 Å². The Kier molecular flexibility index (Phi) is 6.01. The van der Waals surface area contributed by atoms with Gasteiger partial charge in [0.25, 0.3) is 5.91 Å². The Morgan fingerprint density at radius 3 is 2.50 bits per heavy atom. The SMILES string of the molecule is CCN(c1ccccc1)c1cc(C(=O)Nc2cccc(C(=O)OC)c2)ccn1. The molecule has 3 aromatic rings. The van der Waals surface area contributed by atoms with Crippen LogP contribution in [0.5, 0.6) is 0 Å². The van der Waals surface area contributed by atoms with Crippen LogP contribution in [-0.2, 0) is 4.74 Å². The number of hydrogen-bond donors (Lipinski definition) is 1. The van der Waals surface area contributed by atoms with Crippen LogP contribution in [0.4, 0.5) is 17.2 Å². The summed E-state index contributed by atoms with van der Waals surface area (Å²) in [6, 6.07) is 19.9. The summed E-state index contributed by atoms with van der Waals surface area (Å²) in [6.45, 7) is 2.74. The summed E-state index contributed by atoms with van der Waals surface area (Å²) in [5.41, 5.74) is 2.36. The van der Waals surface area contributed by atoms with Crippen molar-refractivity contribution in [3.8, 4) is 0 Å². The first-order chi connectivity index (χ1) is 13.6. The molecule has 6 nitrogen and oxygen atoms in total. The molecule has 1 amide bonds. The Balaban J connectivity index is 1.82. The first-order valence-corrected chi connectivity index (χ1v) is 8.90. The van der Waals surface area contributed by atoms with E-state index >= 15 is 0 Å². The van der Waals surface area contributed by atoms with Crippen LogP contribution >= 0.6 is 0 Å². The fraction of sp³-hybridized carbons (Fsp3) is 0.136. The second-order valence-corrected chi connectivity index (χ2v) is 6.01. The van der Waals surface area contributed by atoms with Gasteiger partial charge in [0.05, 0.1) is 12.7 Å². The molecule has 142 valence electrons. The van der Waals surface area contributed by atoms with E-state index in [0.29, 0.717) is 29.2 Å². The summed E-state index contributed by atoms with van der Waals surface area (Å²) in [4.78, 5) is 30.8. The number of nitrogens with one attached hydrogen (secondary N) is 1. The molecule has 1 heterocycles. The van der Waals surface area contributed by atoms with Crippen LogP contribution in [0.25, 0.3) is 0 Å². The van der Waals surface area contributed by atoms with Gasteiger partial charge in [0.1, 0.15) is 5.82 Å². The van der Waals surface area contributed by atoms with Gasteiger partial charge in [0, 0.05) is 29.7 Å². The minimum absolute atomic E-state index is 0.283. The van der Waals surface area contributed by atoms with Crippen molar-refractivity contribution in [1.29, 1.82) is 0 Å². The fourth-order valence-corrected chi connectivity index (χ4v) is 2.84. The number of pyridine rings is 1. The van der Waals surface area contributed by atoms with Crippen molar-refractivity contribution in [2.45, 2.75) is 6.92 Å². The summed E-state index contributed by atoms with van der Waals surface area (Å²) in [7, 11) is 1.32. The lowest BCUT2D eigenvalue weighted by Gasteiger charge is -2.22. The van der Waals surface area contributed by atoms with Crippen molar-refractivity contribution in [3.63, 3.8) is 0 Å². The van der Waals surface area contributed by atoms with Gasteiger partial charge >= 0.3 is 5.97 Å². The smallest absolute Gasteiger partial charge is 0.337 e. The normalized spacial score (nSPS) is 10.2. The van der Waals surface area contributed by atoms with E-state index in [1.54, 1.807) is 42.6 Å². The summed E-state index contributed by atoms with van der Waals surface area (Å²) in [5, 5.41) is 2.81. The van der Waals surface area contributed by atoms with Crippen molar-refractivity contribution in [2.75, 3.05) is 23.9 Å². The zero-order valence-corrected chi connectivity index (χ0v) is 15.8. The maximum atomic E-state index is 12.7. The highest BCUT2D eigenvalue weighted by Gasteiger charge is 2.13. The molecule has 0 atom stereocenters. The molecule has 1 N–H and O–H groups in total. The predicted octanol–water partition coefficient (Wildman–Crippen LogP) is 4.28. The van der Waals surface area contributed by atoms with Gasteiger partial charge in [0.15, 0.2) is 0 Å². The van der Waals surface area contributed by atoms with Crippen molar-refractivity contribution in [1.82, 2.24) is 4.98 Å². The average Bonchev–Trinajstić information content (AvgIpc) is 2.75. The van der Waals surface area contributed by atoms with E-state index in [9.17, 15) is 9.59 Å². The Morgan fingerprint density at radius 1 is 1.00 bits per heavy atom. The number of carbonyl (C=O) groups is 2. The molecule has 28 heavy (non-hydrogen) atoms. The first kappa shape index (κ1) is 19.1. The number of esters is 1. The van der Waals surface area contributed by atoms with Crippen molar-refractivity contribution < 1.29 is 14.3 Å². The first-order valence-electron chi connectivity index (χ1n) is 8.90. The quantitative estimate of drug-likeness (QED) is 0.651. The monoisotopic (exact) mass is 375 g/mol. The highest BCUT2D eigenvalue weighted by Crippen LogP contribution is 2.24. The third kappa shape index (κ3) is 4.35. The van der Waals surface area contributed by atoms with Gasteiger partial charge < -0.3 is 15.0 Å². The third-order valence-electron chi connectivity index (χ3n) is 4.21. The van der Waals surface area contributed by atoms with Crippen LogP contribution in [0, 0.1) is 0 Å². The van der Waals surface area contributed by atoms with Gasteiger partial charge in [-0.25, -0.2) is 9.78 Å². The van der Waals surface area contributed by atoms with E-state index in [1.165, 1.54) is 7.11 Å². The van der Waals surface area contributed by atoms with Gasteiger partial charge in [-0.2, -0.15) is 0 Å². The van der Waals surface area contributed by atoms with Crippen molar-refractivity contribution >= 4 is 29.1 Å². The molecule has 2 aromatic carbocycles. The van der Waals surface area contributed by atoms with Gasteiger partial charge in [-0.15, -0.1) is 0 Å². The van der Waals surface area contributed by atoms with E-state index in [2.05, 4.69) is 10.3 Å². The van der Waals surface area contributed by atoms with Crippen LogP contribution in [0.3, 0.4) is 0 Å². The molecule has 0 saturated carbocycles. The average molecular weight is 375 g/mol. The zero-order chi connectivity index (χ0) is 19.9. The molecule has 1 aromatic heterocycles. The molecule has 6 heteroatoms. The molecule has 0 aliphatic rings. The highest BCUT2D eigenvalue weighted by molar-refractivity contribution is 6.05. The van der Waals surface area contributed by atoms with Gasteiger partial charge in [0.2, 0.25) is 0 Å². The van der Waals surface area contributed by atoms with Crippen LogP contribution in [0.2, 0.25) is 0 Å². The number of nitrogens with zero attached hydrogens (tertiary/aromatic N) is 2. The lowest BCUT2D eigenvalue weighted by Crippen LogP contribution is -2.19. The summed E-state index contributed by atoms with van der Waals surface area (Å²) in [6.07, 6.45) is 1.61. The Labute approximate surface area is 163 Å². The lowest BCUT2D eigenvalue weighted by atomic mass is 10.2. The highest BCUT2D eigenvalue weighted by atomic mass is 16.5. The van der Waals surface area contributed by atoms with Crippen molar-refractivity contribution in [3.05, 3.63) is 84.1 Å². The number of hydrogen-bond acceptors (Lipinski definition) is 5. The van der Waals surface area contributed by atoms with Gasteiger partial charge in [-0.05, 0) is 49.4 Å². The Hall–Kier alpha value is -3.67. The number of aromatic nitrogens is 1. The number of ether oxygens (including phenoxy) is 1. The maximum Gasteiger partial charge on any atom is 0.337 e. The van der Waals surface area contributed by atoms with Crippen LogP contribution in [0.1, 0.15) is 27.6 Å². The third-order valence-corrected chi connectivity index (χ3v) is 4.21. The molecule has 0 aliphatic carbocycles. The molecule has 0 saturated heterocycles. The largest absolute Gasteiger partial charge is 0.465 e. The van der Waals surface area contributed by atoms with E-state index in [1.807, 2.05) is 42.2 Å². The molecule has 0 radical (unpaired) electrons. The topological polar surface area (TPSA) is 71.5 Å². The Bertz CT molecular complexity index is 974. The molecule has 3 rings (SSSR count). The second-order valence-electron chi connectivity index (χ2n) is 6.01. The standard InChI is InChI=1S/C22H21N3O3/c1-3-25(19-10-5-4-6-11-19)20-15-16(12-13-23-20)21(26)24-18-9-7-8-17(14-18)22(27)28-2/h4-15H,3H2,1-2H3,(H,24,26). The van der Waals surface area contributed by atoms with Crippen LogP contribution < -0.4 is 10.2 Å². The molecule has 0 spiro atoms. The molecular formula is C22H21N3O3. The number of rotatable bonds is 6. The number of amides is 1. The number of methoxy groups -OCH3 is 1. The molecular weight excluding hydrogens is 354 g/mol. The number of carbonyl (C=O) groups excluding carboxylic acids is 2. The maximum absolute atomic E-state index is 12.7. The van der Waals surface area contributed by atoms with E-state index in [0.717, 1.165) is 5.69 Å². The zero-order valence-electron chi connectivity index (χ0n) is 15.8. The minimum Gasteiger partial charge on any atom is -0.465 e. The lowest BCUT2D eigenvalue weighted by molar-refractivity contribution is 0.0600. The molecule has 0 aliphatic heterocycles. The van der Waals surface area contributed by atoms with Crippen LogP contribution in [-0.4, -0.2) is 30.5 Å². The Morgan fingerprint density at radius 2 is 1.79 bits per heavy atom. The van der Waals surface area contributed by atoms with Crippen molar-refractivity contribution in [2.24, 2.45) is 0 Å². The number of anilines is 3. The summed E-state index contributed by atoms with van der Waals surface area (Å²) in [5.74, 6) is -0.0526. The molecule has 0 bridgehead atoms. The van der Waals surface area contributed by atoms with E-state index < -0.39 is 5.97 Å². The second kappa shape index (κ2) is 8.81. The minimum atomic E-state index is -0.455. The summed E-state index contributed by atoms with van der Waals surface area (Å²) < 4.78 is 4.71.